The van der Waals surface area contributed by atoms with Crippen molar-refractivity contribution in [3.05, 3.63) is 0 Å². The van der Waals surface area contributed by atoms with Gasteiger partial charge < -0.3 is 15.5 Å². The lowest BCUT2D eigenvalue weighted by Crippen LogP contribution is -2.45. The van der Waals surface area contributed by atoms with Gasteiger partial charge >= 0.3 is 0 Å². The monoisotopic (exact) mass is 241 g/mol. The van der Waals surface area contributed by atoms with Crippen molar-refractivity contribution in [2.75, 3.05) is 40.3 Å². The minimum absolute atomic E-state index is 0.209. The minimum Gasteiger partial charge on any atom is -0.327 e. The van der Waals surface area contributed by atoms with Crippen LogP contribution in [-0.2, 0) is 0 Å². The molecule has 1 rings (SSSR count). The number of hydrogen-bond acceptors (Lipinski definition) is 3. The highest BCUT2D eigenvalue weighted by atomic mass is 15.1. The van der Waals surface area contributed by atoms with Crippen molar-refractivity contribution in [2.45, 2.75) is 39.7 Å². The first kappa shape index (κ1) is 14.9. The van der Waals surface area contributed by atoms with Gasteiger partial charge in [-0.2, -0.15) is 0 Å². The molecule has 0 aromatic rings. The van der Waals surface area contributed by atoms with Crippen molar-refractivity contribution in [3.63, 3.8) is 0 Å². The Morgan fingerprint density at radius 2 is 1.88 bits per heavy atom. The standard InChI is InChI=1S/C14H31N3/c1-12(15)14(2,3)11-17(5)10-13-6-8-16(4)9-7-13/h12-13H,6-11,15H2,1-5H3. The van der Waals surface area contributed by atoms with Crippen molar-refractivity contribution in [3.8, 4) is 0 Å². The molecule has 1 aliphatic heterocycles. The van der Waals surface area contributed by atoms with E-state index in [2.05, 4.69) is 44.7 Å². The van der Waals surface area contributed by atoms with E-state index in [1.807, 2.05) is 0 Å². The van der Waals surface area contributed by atoms with Crippen LogP contribution in [0.15, 0.2) is 0 Å². The molecule has 1 unspecified atom stereocenters. The molecule has 0 radical (unpaired) electrons. The minimum atomic E-state index is 0.209. The molecule has 1 heterocycles. The summed E-state index contributed by atoms with van der Waals surface area (Å²) in [7, 11) is 4.46. The smallest absolute Gasteiger partial charge is 0.00739 e. The summed E-state index contributed by atoms with van der Waals surface area (Å²) in [6.45, 7) is 11.5. The molecule has 2 N–H and O–H groups in total. The summed E-state index contributed by atoms with van der Waals surface area (Å²) >= 11 is 0. The van der Waals surface area contributed by atoms with Crippen molar-refractivity contribution in [2.24, 2.45) is 17.1 Å². The van der Waals surface area contributed by atoms with E-state index in [9.17, 15) is 0 Å². The fourth-order valence-electron chi connectivity index (χ4n) is 2.59. The Bertz CT molecular complexity index is 218. The summed E-state index contributed by atoms with van der Waals surface area (Å²) in [6.07, 6.45) is 2.69. The Morgan fingerprint density at radius 1 is 1.35 bits per heavy atom. The quantitative estimate of drug-likeness (QED) is 0.794. The Balaban J connectivity index is 2.32. The van der Waals surface area contributed by atoms with E-state index in [1.165, 1.54) is 32.5 Å². The molecule has 1 aliphatic rings. The Kier molecular flexibility index (Phi) is 5.42. The van der Waals surface area contributed by atoms with Gasteiger partial charge in [0.15, 0.2) is 0 Å². The Labute approximate surface area is 107 Å². The van der Waals surface area contributed by atoms with Gasteiger partial charge in [-0.3, -0.25) is 0 Å². The second-order valence-electron chi connectivity index (χ2n) is 6.72. The summed E-state index contributed by atoms with van der Waals surface area (Å²) in [5.74, 6) is 0.875. The van der Waals surface area contributed by atoms with Crippen molar-refractivity contribution < 1.29 is 0 Å². The lowest BCUT2D eigenvalue weighted by molar-refractivity contribution is 0.134. The first-order valence-corrected chi connectivity index (χ1v) is 6.94. The van der Waals surface area contributed by atoms with Crippen molar-refractivity contribution in [1.29, 1.82) is 0 Å². The van der Waals surface area contributed by atoms with Crippen LogP contribution in [0.4, 0.5) is 0 Å². The van der Waals surface area contributed by atoms with Gasteiger partial charge in [-0.1, -0.05) is 13.8 Å². The van der Waals surface area contributed by atoms with Crippen LogP contribution < -0.4 is 5.73 Å². The van der Waals surface area contributed by atoms with Crippen LogP contribution in [0.25, 0.3) is 0 Å². The lowest BCUT2D eigenvalue weighted by atomic mass is 9.85. The average Bonchev–Trinajstić information content (AvgIpc) is 2.20. The number of nitrogens with zero attached hydrogens (tertiary/aromatic N) is 2. The molecule has 0 saturated carbocycles. The molecule has 0 amide bonds. The molecule has 0 spiro atoms. The molecular weight excluding hydrogens is 210 g/mol. The summed E-state index contributed by atoms with van der Waals surface area (Å²) in [5.41, 5.74) is 6.25. The van der Waals surface area contributed by atoms with Gasteiger partial charge in [0.25, 0.3) is 0 Å². The molecule has 1 saturated heterocycles. The number of hydrogen-bond donors (Lipinski definition) is 1. The molecule has 1 fully saturated rings. The molecule has 0 aromatic heterocycles. The van der Waals surface area contributed by atoms with Gasteiger partial charge in [0, 0.05) is 19.1 Å². The van der Waals surface area contributed by atoms with E-state index < -0.39 is 0 Å². The molecule has 102 valence electrons. The summed E-state index contributed by atoms with van der Waals surface area (Å²) < 4.78 is 0. The average molecular weight is 241 g/mol. The molecular formula is C14H31N3. The maximum Gasteiger partial charge on any atom is 0.00739 e. The van der Waals surface area contributed by atoms with Gasteiger partial charge in [-0.05, 0) is 58.3 Å². The SMILES string of the molecule is CC(N)C(C)(C)CN(C)CC1CCN(C)CC1. The van der Waals surface area contributed by atoms with E-state index in [-0.39, 0.29) is 11.5 Å². The lowest BCUT2D eigenvalue weighted by Gasteiger charge is -2.37. The zero-order chi connectivity index (χ0) is 13.1. The van der Waals surface area contributed by atoms with Crippen molar-refractivity contribution in [1.82, 2.24) is 9.80 Å². The van der Waals surface area contributed by atoms with E-state index >= 15 is 0 Å². The van der Waals surface area contributed by atoms with Crippen LogP contribution in [0.2, 0.25) is 0 Å². The Morgan fingerprint density at radius 3 is 2.35 bits per heavy atom. The zero-order valence-electron chi connectivity index (χ0n) is 12.4. The second-order valence-corrected chi connectivity index (χ2v) is 6.72. The first-order chi connectivity index (χ1) is 7.81. The number of rotatable bonds is 5. The van der Waals surface area contributed by atoms with Crippen LogP contribution in [0.5, 0.6) is 0 Å². The van der Waals surface area contributed by atoms with Crippen molar-refractivity contribution >= 4 is 0 Å². The summed E-state index contributed by atoms with van der Waals surface area (Å²) in [4.78, 5) is 4.90. The Hall–Kier alpha value is -0.120. The topological polar surface area (TPSA) is 32.5 Å². The highest BCUT2D eigenvalue weighted by molar-refractivity contribution is 4.82. The van der Waals surface area contributed by atoms with Crippen LogP contribution >= 0.6 is 0 Å². The maximum atomic E-state index is 6.04. The predicted octanol–water partition coefficient (Wildman–Crippen LogP) is 1.63. The zero-order valence-corrected chi connectivity index (χ0v) is 12.4. The third-order valence-corrected chi connectivity index (χ3v) is 4.32. The van der Waals surface area contributed by atoms with E-state index in [0.29, 0.717) is 0 Å². The van der Waals surface area contributed by atoms with Crippen LogP contribution in [-0.4, -0.2) is 56.1 Å². The van der Waals surface area contributed by atoms with Gasteiger partial charge in [-0.25, -0.2) is 0 Å². The molecule has 0 aromatic carbocycles. The number of piperidine rings is 1. The molecule has 0 bridgehead atoms. The predicted molar refractivity (Wildman–Crippen MR) is 75.1 cm³/mol. The van der Waals surface area contributed by atoms with Gasteiger partial charge in [-0.15, -0.1) is 0 Å². The van der Waals surface area contributed by atoms with Gasteiger partial charge in [0.1, 0.15) is 0 Å². The fourth-order valence-corrected chi connectivity index (χ4v) is 2.59. The van der Waals surface area contributed by atoms with Gasteiger partial charge in [0.2, 0.25) is 0 Å². The van der Waals surface area contributed by atoms with Crippen LogP contribution in [0.1, 0.15) is 33.6 Å². The van der Waals surface area contributed by atoms with Crippen LogP contribution in [0, 0.1) is 11.3 Å². The molecule has 3 nitrogen and oxygen atoms in total. The normalized spacial score (nSPS) is 22.1. The van der Waals surface area contributed by atoms with E-state index in [0.717, 1.165) is 12.5 Å². The largest absolute Gasteiger partial charge is 0.327 e. The highest BCUT2D eigenvalue weighted by Gasteiger charge is 2.26. The second kappa shape index (κ2) is 6.17. The van der Waals surface area contributed by atoms with Crippen LogP contribution in [0.3, 0.4) is 0 Å². The highest BCUT2D eigenvalue weighted by Crippen LogP contribution is 2.22. The summed E-state index contributed by atoms with van der Waals surface area (Å²) in [6, 6.07) is 0.252. The summed E-state index contributed by atoms with van der Waals surface area (Å²) in [5, 5.41) is 0. The van der Waals surface area contributed by atoms with Gasteiger partial charge in [0.05, 0.1) is 0 Å². The molecule has 17 heavy (non-hydrogen) atoms. The van der Waals surface area contributed by atoms with E-state index in [1.54, 1.807) is 0 Å². The van der Waals surface area contributed by atoms with E-state index in [4.69, 9.17) is 5.73 Å². The maximum absolute atomic E-state index is 6.04. The number of likely N-dealkylation sites (tertiary alicyclic amines) is 1. The third-order valence-electron chi connectivity index (χ3n) is 4.32. The number of nitrogens with two attached hydrogens (primary N) is 1. The fraction of sp³-hybridized carbons (Fsp3) is 1.00. The molecule has 1 atom stereocenters. The molecule has 3 heteroatoms. The molecule has 0 aliphatic carbocycles. The third kappa shape index (κ3) is 4.94. The first-order valence-electron chi connectivity index (χ1n) is 6.94.